The van der Waals surface area contributed by atoms with E-state index in [1.54, 1.807) is 4.90 Å². The first-order chi connectivity index (χ1) is 18.1. The number of quaternary nitrogens is 1. The van der Waals surface area contributed by atoms with Crippen LogP contribution in [0.4, 0.5) is 0 Å². The van der Waals surface area contributed by atoms with Crippen molar-refractivity contribution in [2.45, 2.75) is 141 Å². The first-order valence-electron chi connectivity index (χ1n) is 15.5. The Hall–Kier alpha value is -0.770. The maximum absolute atomic E-state index is 13.1. The number of nitrogens with zero attached hydrogens (tertiary/aromatic N) is 2. The van der Waals surface area contributed by atoms with Crippen LogP contribution in [0, 0.1) is 0 Å². The number of amides is 1. The van der Waals surface area contributed by atoms with Crippen molar-refractivity contribution in [2.24, 2.45) is 0 Å². The summed E-state index contributed by atoms with van der Waals surface area (Å²) in [6.07, 6.45) is 12.1. The fourth-order valence-electron chi connectivity index (χ4n) is 4.80. The molecule has 0 fully saturated rings. The molecule has 0 saturated carbocycles. The lowest BCUT2D eigenvalue weighted by atomic mass is 10.0. The van der Waals surface area contributed by atoms with Gasteiger partial charge in [0, 0.05) is 6.54 Å². The molecule has 4 atom stereocenters. The molecule has 0 unspecified atom stereocenters. The van der Waals surface area contributed by atoms with Crippen LogP contribution in [0.2, 0.25) is 0 Å². The van der Waals surface area contributed by atoms with Gasteiger partial charge in [-0.25, -0.2) is 0 Å². The fraction of sp³-hybridized carbons (Fsp3) is 0.967. The minimum absolute atomic E-state index is 0.446. The molecule has 0 aromatic heterocycles. The average molecular weight is 548 g/mol. The molecule has 0 aliphatic heterocycles. The van der Waals surface area contributed by atoms with Crippen molar-refractivity contribution in [2.75, 3.05) is 46.9 Å². The van der Waals surface area contributed by atoms with Crippen LogP contribution in [0.3, 0.4) is 0 Å². The van der Waals surface area contributed by atoms with E-state index < -0.39 is 36.9 Å². The Bertz CT molecular complexity index is 563. The first kappa shape index (κ1) is 37.2. The molecular weight excluding hydrogens is 484 g/mol. The number of carbonyl (C=O) groups excluding carboxylic acids is 1. The molecule has 0 bridgehead atoms. The van der Waals surface area contributed by atoms with Gasteiger partial charge in [-0.3, -0.25) is 4.79 Å². The van der Waals surface area contributed by atoms with Crippen molar-refractivity contribution in [1.29, 1.82) is 0 Å². The van der Waals surface area contributed by atoms with Crippen molar-refractivity contribution < 1.29 is 34.8 Å². The molecule has 8 heteroatoms. The molecule has 8 nitrogen and oxygen atoms in total. The molecule has 5 N–H and O–H groups in total. The van der Waals surface area contributed by atoms with Crippen molar-refractivity contribution in [3.8, 4) is 0 Å². The smallest absolute Gasteiger partial charge is 0.254 e. The molecule has 0 radical (unpaired) electrons. The van der Waals surface area contributed by atoms with Gasteiger partial charge in [-0.05, 0) is 19.3 Å². The van der Waals surface area contributed by atoms with E-state index in [0.29, 0.717) is 13.1 Å². The standard InChI is InChI=1S/C30H63N2O6/c1-5-7-9-11-13-15-17-19-21-31(30(38)29(37)28(36)27(35)26(34)25-33)22-24-32(3,4)23-20-18-16-14-12-10-8-6-2/h26-29,33-37H,5-25H2,1-4H3/q+1/t26-,27-,28+,29-/m1/s1. The van der Waals surface area contributed by atoms with Gasteiger partial charge >= 0.3 is 0 Å². The Morgan fingerprint density at radius 2 is 1.08 bits per heavy atom. The molecular formula is C30H63N2O6+. The fourth-order valence-corrected chi connectivity index (χ4v) is 4.80. The third-order valence-electron chi connectivity index (χ3n) is 7.69. The summed E-state index contributed by atoms with van der Waals surface area (Å²) in [7, 11) is 4.32. The maximum Gasteiger partial charge on any atom is 0.254 e. The Morgan fingerprint density at radius 1 is 0.632 bits per heavy atom. The molecule has 228 valence electrons. The number of aliphatic hydroxyl groups excluding tert-OH is 5. The van der Waals surface area contributed by atoms with Crippen LogP contribution in [0.1, 0.15) is 117 Å². The summed E-state index contributed by atoms with van der Waals surface area (Å²) in [5, 5.41) is 49.4. The normalized spacial score (nSPS) is 15.3. The van der Waals surface area contributed by atoms with Crippen molar-refractivity contribution >= 4 is 5.91 Å². The van der Waals surface area contributed by atoms with Gasteiger partial charge in [0.2, 0.25) is 0 Å². The van der Waals surface area contributed by atoms with Crippen LogP contribution in [-0.4, -0.2) is 112 Å². The third-order valence-corrected chi connectivity index (χ3v) is 7.69. The molecule has 0 aromatic rings. The van der Waals surface area contributed by atoms with E-state index in [1.807, 2.05) is 0 Å². The van der Waals surface area contributed by atoms with Gasteiger partial charge in [0.25, 0.3) is 5.91 Å². The highest BCUT2D eigenvalue weighted by Gasteiger charge is 2.36. The van der Waals surface area contributed by atoms with Crippen LogP contribution in [0.5, 0.6) is 0 Å². The number of hydrogen-bond acceptors (Lipinski definition) is 6. The minimum Gasteiger partial charge on any atom is -0.394 e. The zero-order valence-corrected chi connectivity index (χ0v) is 25.2. The molecule has 0 aliphatic rings. The lowest BCUT2D eigenvalue weighted by Gasteiger charge is -2.34. The summed E-state index contributed by atoms with van der Waals surface area (Å²) in [6.45, 7) is 6.33. The predicted octanol–water partition coefficient (Wildman–Crippen LogP) is 3.61. The second kappa shape index (κ2) is 23.0. The van der Waals surface area contributed by atoms with Gasteiger partial charge in [0.15, 0.2) is 6.10 Å². The first-order valence-corrected chi connectivity index (χ1v) is 15.5. The molecule has 0 saturated heterocycles. The zero-order chi connectivity index (χ0) is 28.8. The van der Waals surface area contributed by atoms with Gasteiger partial charge in [0.05, 0.1) is 40.3 Å². The Labute approximate surface area is 233 Å². The largest absolute Gasteiger partial charge is 0.394 e. The zero-order valence-electron chi connectivity index (χ0n) is 25.2. The number of aliphatic hydroxyl groups is 5. The molecule has 0 rings (SSSR count). The van der Waals surface area contributed by atoms with Crippen molar-refractivity contribution in [3.63, 3.8) is 0 Å². The topological polar surface area (TPSA) is 121 Å². The Kier molecular flexibility index (Phi) is 22.5. The van der Waals surface area contributed by atoms with E-state index in [-0.39, 0.29) is 0 Å². The van der Waals surface area contributed by atoms with Crippen LogP contribution < -0.4 is 0 Å². The Morgan fingerprint density at radius 3 is 1.55 bits per heavy atom. The van der Waals surface area contributed by atoms with Gasteiger partial charge in [-0.15, -0.1) is 0 Å². The van der Waals surface area contributed by atoms with E-state index in [4.69, 9.17) is 5.11 Å². The quantitative estimate of drug-likeness (QED) is 0.0833. The predicted molar refractivity (Wildman–Crippen MR) is 155 cm³/mol. The highest BCUT2D eigenvalue weighted by molar-refractivity contribution is 5.81. The highest BCUT2D eigenvalue weighted by atomic mass is 16.4. The number of carbonyl (C=O) groups is 1. The highest BCUT2D eigenvalue weighted by Crippen LogP contribution is 2.14. The summed E-state index contributed by atoms with van der Waals surface area (Å²) in [6, 6.07) is 0. The third kappa shape index (κ3) is 17.7. The molecule has 0 heterocycles. The van der Waals surface area contributed by atoms with Crippen LogP contribution in [0.25, 0.3) is 0 Å². The summed E-state index contributed by atoms with van der Waals surface area (Å²) in [5.41, 5.74) is 0. The van der Waals surface area contributed by atoms with Gasteiger partial charge in [-0.2, -0.15) is 0 Å². The monoisotopic (exact) mass is 547 g/mol. The number of likely N-dealkylation sites (N-methyl/N-ethyl adjacent to an activating group) is 1. The van der Waals surface area contributed by atoms with E-state index in [0.717, 1.165) is 43.3 Å². The summed E-state index contributed by atoms with van der Waals surface area (Å²) >= 11 is 0. The molecule has 0 aliphatic carbocycles. The summed E-state index contributed by atoms with van der Waals surface area (Å²) in [4.78, 5) is 14.7. The lowest BCUT2D eigenvalue weighted by Crippen LogP contribution is -2.54. The lowest BCUT2D eigenvalue weighted by molar-refractivity contribution is -0.889. The average Bonchev–Trinajstić information content (AvgIpc) is 2.91. The molecule has 1 amide bonds. The van der Waals surface area contributed by atoms with Crippen LogP contribution in [0.15, 0.2) is 0 Å². The van der Waals surface area contributed by atoms with Crippen LogP contribution >= 0.6 is 0 Å². The van der Waals surface area contributed by atoms with Crippen LogP contribution in [-0.2, 0) is 4.79 Å². The SMILES string of the molecule is CCCCCCCCCCN(CC[N+](C)(C)CCCCCCCCCC)C(=O)[C@H](O)[C@@H](O)[C@H](O)[C@H](O)CO. The Balaban J connectivity index is 4.81. The summed E-state index contributed by atoms with van der Waals surface area (Å²) in [5.74, 6) is -0.642. The second-order valence-corrected chi connectivity index (χ2v) is 11.8. The molecule has 0 aromatic carbocycles. The van der Waals surface area contributed by atoms with Crippen molar-refractivity contribution in [1.82, 2.24) is 4.90 Å². The number of rotatable bonds is 26. The van der Waals surface area contributed by atoms with E-state index in [1.165, 1.54) is 77.0 Å². The van der Waals surface area contributed by atoms with Gasteiger partial charge in [0.1, 0.15) is 18.3 Å². The van der Waals surface area contributed by atoms with E-state index in [2.05, 4.69) is 27.9 Å². The molecule has 38 heavy (non-hydrogen) atoms. The van der Waals surface area contributed by atoms with Gasteiger partial charge in [-0.1, -0.05) is 97.3 Å². The minimum atomic E-state index is -1.87. The maximum atomic E-state index is 13.1. The number of unbranched alkanes of at least 4 members (excludes halogenated alkanes) is 14. The van der Waals surface area contributed by atoms with E-state index in [9.17, 15) is 25.2 Å². The summed E-state index contributed by atoms with van der Waals surface area (Å²) < 4.78 is 0.765. The molecule has 0 spiro atoms. The van der Waals surface area contributed by atoms with Gasteiger partial charge < -0.3 is 34.9 Å². The van der Waals surface area contributed by atoms with Crippen molar-refractivity contribution in [3.05, 3.63) is 0 Å². The number of hydrogen-bond donors (Lipinski definition) is 5. The van der Waals surface area contributed by atoms with E-state index >= 15 is 0 Å². The second-order valence-electron chi connectivity index (χ2n) is 11.8.